The molecule has 0 saturated carbocycles. The third-order valence-electron chi connectivity index (χ3n) is 2.52. The van der Waals surface area contributed by atoms with E-state index in [9.17, 15) is 5.11 Å². The quantitative estimate of drug-likeness (QED) is 0.872. The largest absolute Gasteiger partial charge is 0.387 e. The summed E-state index contributed by atoms with van der Waals surface area (Å²) in [5.74, 6) is 0. The molecule has 0 saturated heterocycles. The van der Waals surface area contributed by atoms with E-state index in [4.69, 9.17) is 23.2 Å². The predicted octanol–water partition coefficient (Wildman–Crippen LogP) is 4.64. The van der Waals surface area contributed by atoms with Crippen molar-refractivity contribution < 1.29 is 5.11 Å². The van der Waals surface area contributed by atoms with E-state index in [1.165, 1.54) is 11.3 Å². The number of aliphatic hydroxyl groups excluding tert-OH is 1. The lowest BCUT2D eigenvalue weighted by Crippen LogP contribution is -1.99. The highest BCUT2D eigenvalue weighted by Crippen LogP contribution is 2.32. The second-order valence-corrected chi connectivity index (χ2v) is 6.08. The van der Waals surface area contributed by atoms with Crippen LogP contribution < -0.4 is 0 Å². The number of rotatable bonds is 3. The maximum atomic E-state index is 10.1. The Morgan fingerprint density at radius 2 is 2.06 bits per heavy atom. The minimum Gasteiger partial charge on any atom is -0.387 e. The van der Waals surface area contributed by atoms with Crippen LogP contribution in [0.5, 0.6) is 0 Å². The fourth-order valence-electron chi connectivity index (χ4n) is 1.64. The van der Waals surface area contributed by atoms with Crippen molar-refractivity contribution in [3.8, 4) is 0 Å². The van der Waals surface area contributed by atoms with E-state index in [0.29, 0.717) is 11.4 Å². The highest BCUT2D eigenvalue weighted by atomic mass is 35.5. The molecular formula is C13H12Cl2OS. The third kappa shape index (κ3) is 3.23. The van der Waals surface area contributed by atoms with Gasteiger partial charge < -0.3 is 5.11 Å². The minimum atomic E-state index is -0.523. The fraction of sp³-hybridized carbons (Fsp3) is 0.231. The number of aryl methyl sites for hydroxylation is 1. The lowest BCUT2D eigenvalue weighted by molar-refractivity contribution is 0.182. The van der Waals surface area contributed by atoms with Crippen LogP contribution in [0.1, 0.15) is 22.1 Å². The van der Waals surface area contributed by atoms with Crippen molar-refractivity contribution in [3.05, 3.63) is 55.7 Å². The average molecular weight is 287 g/mol. The van der Waals surface area contributed by atoms with Gasteiger partial charge in [-0.25, -0.2) is 0 Å². The van der Waals surface area contributed by atoms with Gasteiger partial charge in [0.25, 0.3) is 0 Å². The van der Waals surface area contributed by atoms with Crippen LogP contribution in [-0.2, 0) is 6.42 Å². The van der Waals surface area contributed by atoms with Crippen molar-refractivity contribution in [2.24, 2.45) is 0 Å². The zero-order valence-corrected chi connectivity index (χ0v) is 11.6. The zero-order chi connectivity index (χ0) is 12.4. The molecule has 0 fully saturated rings. The topological polar surface area (TPSA) is 20.2 Å². The number of thiophene rings is 1. The van der Waals surface area contributed by atoms with Gasteiger partial charge in [-0.1, -0.05) is 35.3 Å². The summed E-state index contributed by atoms with van der Waals surface area (Å²) < 4.78 is 0.741. The third-order valence-corrected chi connectivity index (χ3v) is 4.41. The van der Waals surface area contributed by atoms with Gasteiger partial charge in [0.1, 0.15) is 0 Å². The molecule has 1 nitrogen and oxygen atoms in total. The molecule has 0 aliphatic carbocycles. The Bertz CT molecular complexity index is 502. The summed E-state index contributed by atoms with van der Waals surface area (Å²) >= 11 is 13.3. The standard InChI is InChI=1S/C13H12Cl2OS/c1-8-5-12(17-13(8)15)11(16)7-9-3-2-4-10(14)6-9/h2-6,11,16H,7H2,1H3. The summed E-state index contributed by atoms with van der Waals surface area (Å²) in [6.45, 7) is 1.94. The van der Waals surface area contributed by atoms with E-state index in [1.807, 2.05) is 37.3 Å². The lowest BCUT2D eigenvalue weighted by atomic mass is 10.1. The van der Waals surface area contributed by atoms with Gasteiger partial charge >= 0.3 is 0 Å². The SMILES string of the molecule is Cc1cc(C(O)Cc2cccc(Cl)c2)sc1Cl. The molecule has 0 amide bonds. The summed E-state index contributed by atoms with van der Waals surface area (Å²) in [7, 11) is 0. The second-order valence-electron chi connectivity index (χ2n) is 3.96. The molecule has 0 spiro atoms. The molecule has 0 radical (unpaired) electrons. The molecule has 1 unspecified atom stereocenters. The molecule has 0 aliphatic rings. The molecule has 0 bridgehead atoms. The van der Waals surface area contributed by atoms with Gasteiger partial charge in [0.15, 0.2) is 0 Å². The van der Waals surface area contributed by atoms with Crippen LogP contribution in [0.2, 0.25) is 9.36 Å². The van der Waals surface area contributed by atoms with Gasteiger partial charge in [0.2, 0.25) is 0 Å². The number of halogens is 2. The van der Waals surface area contributed by atoms with E-state index < -0.39 is 6.10 Å². The maximum absolute atomic E-state index is 10.1. The first-order valence-corrected chi connectivity index (χ1v) is 6.82. The predicted molar refractivity (Wildman–Crippen MR) is 74.2 cm³/mol. The van der Waals surface area contributed by atoms with E-state index in [-0.39, 0.29) is 0 Å². The Labute approximate surface area is 115 Å². The van der Waals surface area contributed by atoms with Crippen LogP contribution in [0.4, 0.5) is 0 Å². The van der Waals surface area contributed by atoms with Gasteiger partial charge in [-0.2, -0.15) is 0 Å². The van der Waals surface area contributed by atoms with Crippen molar-refractivity contribution in [1.82, 2.24) is 0 Å². The van der Waals surface area contributed by atoms with Crippen LogP contribution >= 0.6 is 34.5 Å². The normalized spacial score (nSPS) is 12.7. The molecule has 4 heteroatoms. The van der Waals surface area contributed by atoms with Crippen LogP contribution in [0.3, 0.4) is 0 Å². The molecule has 90 valence electrons. The monoisotopic (exact) mass is 286 g/mol. The van der Waals surface area contributed by atoms with E-state index in [2.05, 4.69) is 0 Å². The van der Waals surface area contributed by atoms with Crippen LogP contribution in [0, 0.1) is 6.92 Å². The number of aliphatic hydroxyl groups is 1. The van der Waals surface area contributed by atoms with Crippen molar-refractivity contribution in [1.29, 1.82) is 0 Å². The maximum Gasteiger partial charge on any atom is 0.0961 e. The van der Waals surface area contributed by atoms with E-state index >= 15 is 0 Å². The first-order chi connectivity index (χ1) is 8.06. The lowest BCUT2D eigenvalue weighted by Gasteiger charge is -2.08. The van der Waals surface area contributed by atoms with Crippen molar-refractivity contribution in [3.63, 3.8) is 0 Å². The Morgan fingerprint density at radius 1 is 1.29 bits per heavy atom. The molecule has 17 heavy (non-hydrogen) atoms. The van der Waals surface area contributed by atoms with Crippen molar-refractivity contribution in [2.75, 3.05) is 0 Å². The zero-order valence-electron chi connectivity index (χ0n) is 9.28. The summed E-state index contributed by atoms with van der Waals surface area (Å²) in [5, 5.41) is 10.8. The summed E-state index contributed by atoms with van der Waals surface area (Å²) in [6, 6.07) is 9.47. The highest BCUT2D eigenvalue weighted by molar-refractivity contribution is 7.16. The first kappa shape index (κ1) is 12.9. The number of hydrogen-bond acceptors (Lipinski definition) is 2. The summed E-state index contributed by atoms with van der Waals surface area (Å²) in [4.78, 5) is 0.896. The van der Waals surface area contributed by atoms with Crippen molar-refractivity contribution >= 4 is 34.5 Å². The average Bonchev–Trinajstić information content (AvgIpc) is 2.59. The Hall–Kier alpha value is -0.540. The molecule has 1 atom stereocenters. The van der Waals surface area contributed by atoms with Gasteiger partial charge in [0, 0.05) is 16.3 Å². The number of hydrogen-bond donors (Lipinski definition) is 1. The van der Waals surface area contributed by atoms with Gasteiger partial charge in [-0.05, 0) is 36.2 Å². The van der Waals surface area contributed by atoms with Gasteiger partial charge in [0.05, 0.1) is 10.4 Å². The highest BCUT2D eigenvalue weighted by Gasteiger charge is 2.13. The Balaban J connectivity index is 2.14. The van der Waals surface area contributed by atoms with Crippen LogP contribution in [0.15, 0.2) is 30.3 Å². The first-order valence-electron chi connectivity index (χ1n) is 5.24. The molecule has 0 aliphatic heterocycles. The number of benzene rings is 1. The fourth-order valence-corrected chi connectivity index (χ4v) is 3.05. The van der Waals surface area contributed by atoms with Crippen molar-refractivity contribution in [2.45, 2.75) is 19.4 Å². The molecule has 1 N–H and O–H groups in total. The van der Waals surface area contributed by atoms with Gasteiger partial charge in [-0.3, -0.25) is 0 Å². The smallest absolute Gasteiger partial charge is 0.0961 e. The molecule has 1 aromatic heterocycles. The van der Waals surface area contributed by atoms with E-state index in [0.717, 1.165) is 20.3 Å². The molecular weight excluding hydrogens is 275 g/mol. The summed E-state index contributed by atoms with van der Waals surface area (Å²) in [6.07, 6.45) is 0.0290. The van der Waals surface area contributed by atoms with Crippen LogP contribution in [0.25, 0.3) is 0 Å². The van der Waals surface area contributed by atoms with Crippen LogP contribution in [-0.4, -0.2) is 5.11 Å². The van der Waals surface area contributed by atoms with E-state index in [1.54, 1.807) is 0 Å². The Kier molecular flexibility index (Phi) is 4.10. The molecule has 1 heterocycles. The Morgan fingerprint density at radius 3 is 2.65 bits per heavy atom. The van der Waals surface area contributed by atoms with Gasteiger partial charge in [-0.15, -0.1) is 11.3 Å². The molecule has 1 aromatic carbocycles. The molecule has 2 rings (SSSR count). The molecule has 2 aromatic rings. The minimum absolute atomic E-state index is 0.523. The summed E-state index contributed by atoms with van der Waals surface area (Å²) in [5.41, 5.74) is 2.03. The second kappa shape index (κ2) is 5.40.